The zero-order valence-corrected chi connectivity index (χ0v) is 21.4. The molecule has 0 atom stereocenters. The average molecular weight is 504 g/mol. The van der Waals surface area contributed by atoms with Crippen LogP contribution in [0, 0.1) is 0 Å². The maximum absolute atomic E-state index is 6.17. The van der Waals surface area contributed by atoms with E-state index in [1.165, 1.54) is 6.33 Å². The van der Waals surface area contributed by atoms with Gasteiger partial charge in [0, 0.05) is 56.7 Å². The molecule has 5 rings (SSSR count). The molecule has 0 radical (unpaired) electrons. The Hall–Kier alpha value is -3.76. The molecule has 4 heterocycles. The monoisotopic (exact) mass is 503 g/mol. The lowest BCUT2D eigenvalue weighted by Crippen LogP contribution is -2.44. The molecule has 2 aliphatic rings. The van der Waals surface area contributed by atoms with Gasteiger partial charge in [0.05, 0.1) is 37.9 Å². The number of hydrogen-bond acceptors (Lipinski definition) is 10. The molecular formula is C27H33N7O3. The summed E-state index contributed by atoms with van der Waals surface area (Å²) in [4.78, 5) is 22.3. The van der Waals surface area contributed by atoms with E-state index in [4.69, 9.17) is 14.2 Å². The smallest absolute Gasteiger partial charge is 0.147 e. The summed E-state index contributed by atoms with van der Waals surface area (Å²) in [5, 5.41) is 3.28. The second kappa shape index (κ2) is 11.5. The van der Waals surface area contributed by atoms with Gasteiger partial charge in [-0.25, -0.2) is 15.0 Å². The summed E-state index contributed by atoms with van der Waals surface area (Å²) in [6.07, 6.45) is 5.25. The van der Waals surface area contributed by atoms with E-state index in [0.717, 1.165) is 80.7 Å². The van der Waals surface area contributed by atoms with Crippen molar-refractivity contribution in [1.82, 2.24) is 19.9 Å². The number of methoxy groups -OCH3 is 1. The van der Waals surface area contributed by atoms with Gasteiger partial charge in [0.1, 0.15) is 41.3 Å². The molecule has 2 fully saturated rings. The van der Waals surface area contributed by atoms with Crippen molar-refractivity contribution in [3.05, 3.63) is 42.9 Å². The van der Waals surface area contributed by atoms with Crippen LogP contribution in [0.15, 0.2) is 47.8 Å². The van der Waals surface area contributed by atoms with Gasteiger partial charge < -0.3 is 29.3 Å². The van der Waals surface area contributed by atoms with Crippen LogP contribution in [0.4, 0.5) is 23.0 Å². The fourth-order valence-electron chi connectivity index (χ4n) is 4.53. The van der Waals surface area contributed by atoms with Crippen LogP contribution in [0.1, 0.15) is 12.8 Å². The second-order valence-electron chi connectivity index (χ2n) is 9.22. The van der Waals surface area contributed by atoms with E-state index in [1.807, 2.05) is 36.5 Å². The summed E-state index contributed by atoms with van der Waals surface area (Å²) in [7, 11) is 3.82. The number of benzene rings is 1. The fraction of sp³-hybridized carbons (Fsp3) is 0.407. The van der Waals surface area contributed by atoms with Crippen molar-refractivity contribution in [2.45, 2.75) is 18.9 Å². The van der Waals surface area contributed by atoms with Crippen LogP contribution in [0.5, 0.6) is 11.5 Å². The minimum Gasteiger partial charge on any atom is -0.494 e. The Balaban J connectivity index is 1.32. The quantitative estimate of drug-likeness (QED) is 0.459. The minimum atomic E-state index is 0.127. The average Bonchev–Trinajstić information content (AvgIpc) is 2.94. The number of rotatable bonds is 8. The van der Waals surface area contributed by atoms with Crippen LogP contribution < -0.4 is 19.7 Å². The van der Waals surface area contributed by atoms with Crippen molar-refractivity contribution in [1.29, 1.82) is 0 Å². The van der Waals surface area contributed by atoms with Crippen LogP contribution >= 0.6 is 0 Å². The molecule has 0 saturated carbocycles. The molecule has 0 aliphatic carbocycles. The number of likely N-dealkylation sites (N-methyl/N-ethyl adjacent to an activating group) is 1. The van der Waals surface area contributed by atoms with Gasteiger partial charge in [0.2, 0.25) is 0 Å². The molecule has 10 heteroatoms. The Morgan fingerprint density at radius 3 is 2.54 bits per heavy atom. The van der Waals surface area contributed by atoms with E-state index in [9.17, 15) is 0 Å². The van der Waals surface area contributed by atoms with E-state index in [2.05, 4.69) is 48.8 Å². The maximum Gasteiger partial charge on any atom is 0.147 e. The summed E-state index contributed by atoms with van der Waals surface area (Å²) in [5.74, 6) is 2.77. The van der Waals surface area contributed by atoms with Crippen molar-refractivity contribution in [2.24, 2.45) is 4.99 Å². The lowest BCUT2D eigenvalue weighted by molar-refractivity contribution is 0.0258. The molecule has 2 aromatic heterocycles. The molecule has 37 heavy (non-hydrogen) atoms. The third-order valence-electron chi connectivity index (χ3n) is 6.72. The summed E-state index contributed by atoms with van der Waals surface area (Å²) >= 11 is 0. The molecule has 1 aromatic carbocycles. The Bertz CT molecular complexity index is 1220. The predicted octanol–water partition coefficient (Wildman–Crippen LogP) is 3.93. The number of piperazine rings is 1. The lowest BCUT2D eigenvalue weighted by atomic mass is 10.1. The van der Waals surface area contributed by atoms with Gasteiger partial charge in [0.25, 0.3) is 0 Å². The molecule has 2 saturated heterocycles. The molecule has 0 amide bonds. The highest BCUT2D eigenvalue weighted by atomic mass is 16.5. The summed E-state index contributed by atoms with van der Waals surface area (Å²) in [6, 6.07) is 9.61. The van der Waals surface area contributed by atoms with Crippen LogP contribution in [-0.4, -0.2) is 86.2 Å². The third kappa shape index (κ3) is 5.98. The fourth-order valence-corrected chi connectivity index (χ4v) is 4.53. The van der Waals surface area contributed by atoms with Crippen molar-refractivity contribution < 1.29 is 14.2 Å². The molecular weight excluding hydrogens is 470 g/mol. The Kier molecular flexibility index (Phi) is 7.76. The predicted molar refractivity (Wildman–Crippen MR) is 145 cm³/mol. The zero-order valence-electron chi connectivity index (χ0n) is 21.4. The number of ether oxygens (including phenoxy) is 3. The number of anilines is 3. The number of hydrogen-bond donors (Lipinski definition) is 1. The van der Waals surface area contributed by atoms with Crippen LogP contribution in [0.3, 0.4) is 0 Å². The Morgan fingerprint density at radius 1 is 1.00 bits per heavy atom. The Morgan fingerprint density at radius 2 is 1.78 bits per heavy atom. The summed E-state index contributed by atoms with van der Waals surface area (Å²) < 4.78 is 17.3. The molecule has 3 aromatic rings. The molecule has 2 aliphatic heterocycles. The first kappa shape index (κ1) is 24.9. The topological polar surface area (TPSA) is 97.2 Å². The SMILES string of the molecule is C=Nc1cc(-c2cc(Nc3cc(OC)c(N4CCN(C)CC4)cn3)ncn2)ccc1OC1CCOCC1. The normalized spacial score (nSPS) is 16.9. The number of nitrogens with one attached hydrogen (secondary N) is 1. The van der Waals surface area contributed by atoms with Gasteiger partial charge in [-0.2, -0.15) is 0 Å². The lowest BCUT2D eigenvalue weighted by Gasteiger charge is -2.34. The van der Waals surface area contributed by atoms with E-state index >= 15 is 0 Å². The minimum absolute atomic E-state index is 0.127. The molecule has 10 nitrogen and oxygen atoms in total. The van der Waals surface area contributed by atoms with Crippen molar-refractivity contribution in [3.8, 4) is 22.8 Å². The maximum atomic E-state index is 6.17. The first-order valence-corrected chi connectivity index (χ1v) is 12.5. The van der Waals surface area contributed by atoms with E-state index in [0.29, 0.717) is 17.3 Å². The Labute approximate surface area is 217 Å². The highest BCUT2D eigenvalue weighted by molar-refractivity contribution is 5.71. The number of aliphatic imine (C=N–C) groups is 1. The number of nitrogens with zero attached hydrogens (tertiary/aromatic N) is 6. The van der Waals surface area contributed by atoms with E-state index < -0.39 is 0 Å². The standard InChI is InChI=1S/C27H33N7O3/c1-28-22-14-19(4-5-24(22)37-20-6-12-36-13-7-20)21-15-26(31-18-30-21)32-27-16-25(35-3)23(17-29-27)34-10-8-33(2)9-11-34/h4-5,14-18,20H,1,6-13H2,2-3H3,(H,29,30,31,32). The van der Waals surface area contributed by atoms with Crippen LogP contribution in [-0.2, 0) is 4.74 Å². The van der Waals surface area contributed by atoms with Crippen molar-refractivity contribution in [3.63, 3.8) is 0 Å². The van der Waals surface area contributed by atoms with Gasteiger partial charge in [-0.1, -0.05) is 0 Å². The molecule has 194 valence electrons. The number of aromatic nitrogens is 3. The van der Waals surface area contributed by atoms with Crippen molar-refractivity contribution in [2.75, 3.05) is 63.8 Å². The highest BCUT2D eigenvalue weighted by Crippen LogP contribution is 2.35. The molecule has 1 N–H and O–H groups in total. The van der Waals surface area contributed by atoms with Gasteiger partial charge >= 0.3 is 0 Å². The van der Waals surface area contributed by atoms with Gasteiger partial charge in [-0.05, 0) is 32.0 Å². The largest absolute Gasteiger partial charge is 0.494 e. The summed E-state index contributed by atoms with van der Waals surface area (Å²) in [6.45, 7) is 9.07. The molecule has 0 spiro atoms. The van der Waals surface area contributed by atoms with Gasteiger partial charge in [-0.15, -0.1) is 0 Å². The first-order chi connectivity index (χ1) is 18.1. The third-order valence-corrected chi connectivity index (χ3v) is 6.72. The van der Waals surface area contributed by atoms with E-state index in [-0.39, 0.29) is 6.10 Å². The van der Waals surface area contributed by atoms with Crippen LogP contribution in [0.25, 0.3) is 11.3 Å². The molecule has 0 unspecified atom stereocenters. The van der Waals surface area contributed by atoms with Crippen LogP contribution in [0.2, 0.25) is 0 Å². The summed E-state index contributed by atoms with van der Waals surface area (Å²) in [5.41, 5.74) is 3.32. The van der Waals surface area contributed by atoms with Gasteiger partial charge in [0.15, 0.2) is 0 Å². The number of pyridine rings is 1. The highest BCUT2D eigenvalue weighted by Gasteiger charge is 2.19. The molecule has 0 bridgehead atoms. The zero-order chi connectivity index (χ0) is 25.6. The van der Waals surface area contributed by atoms with Crippen molar-refractivity contribution >= 4 is 29.7 Å². The van der Waals surface area contributed by atoms with Gasteiger partial charge in [-0.3, -0.25) is 4.99 Å². The van der Waals surface area contributed by atoms with E-state index in [1.54, 1.807) is 7.11 Å². The second-order valence-corrected chi connectivity index (χ2v) is 9.22. The first-order valence-electron chi connectivity index (χ1n) is 12.5.